The first-order chi connectivity index (χ1) is 12.7. The molecule has 3 rings (SSSR count). The number of benzene rings is 1. The lowest BCUT2D eigenvalue weighted by Crippen LogP contribution is -2.58. The third-order valence-corrected chi connectivity index (χ3v) is 5.61. The van der Waals surface area contributed by atoms with Gasteiger partial charge in [-0.3, -0.25) is 4.84 Å². The van der Waals surface area contributed by atoms with Crippen molar-refractivity contribution in [2.45, 2.75) is 77.6 Å². The molecule has 1 aromatic carbocycles. The summed E-state index contributed by atoms with van der Waals surface area (Å²) >= 11 is 0. The summed E-state index contributed by atoms with van der Waals surface area (Å²) in [5.74, 6) is -0.200. The molecule has 0 bridgehead atoms. The molecular weight excluding hydrogens is 339 g/mol. The molecule has 0 amide bonds. The molecule has 0 saturated carbocycles. The van der Waals surface area contributed by atoms with Gasteiger partial charge in [-0.1, -0.05) is 0 Å². The molecule has 1 aliphatic heterocycles. The fraction of sp³-hybridized carbons (Fsp3) is 0.522. The van der Waals surface area contributed by atoms with Crippen LogP contribution in [0, 0.1) is 5.82 Å². The maximum atomic E-state index is 13.0. The van der Waals surface area contributed by atoms with E-state index < -0.39 is 0 Å². The highest BCUT2D eigenvalue weighted by molar-refractivity contribution is 5.15. The number of rotatable bonds is 5. The first-order valence-corrected chi connectivity index (χ1v) is 9.88. The van der Waals surface area contributed by atoms with E-state index >= 15 is 0 Å². The Balaban J connectivity index is 1.68. The van der Waals surface area contributed by atoms with Crippen LogP contribution in [0.2, 0.25) is 0 Å². The van der Waals surface area contributed by atoms with Gasteiger partial charge in [0, 0.05) is 28.8 Å². The number of hydrogen-bond acceptors (Lipinski definition) is 2. The Morgan fingerprint density at radius 2 is 1.56 bits per heavy atom. The van der Waals surface area contributed by atoms with Crippen molar-refractivity contribution >= 4 is 0 Å². The Bertz CT molecular complexity index is 737. The van der Waals surface area contributed by atoms with Gasteiger partial charge in [0.2, 0.25) is 0 Å². The minimum atomic E-state index is -0.200. The van der Waals surface area contributed by atoms with Crippen LogP contribution in [0.1, 0.15) is 71.1 Å². The molecule has 1 saturated heterocycles. The minimum Gasteiger partial charge on any atom is -0.290 e. The number of hydrogen-bond donors (Lipinski definition) is 0. The zero-order valence-corrected chi connectivity index (χ0v) is 17.2. The zero-order chi connectivity index (χ0) is 19.7. The van der Waals surface area contributed by atoms with E-state index in [0.717, 1.165) is 30.5 Å². The number of hydroxylamine groups is 2. The van der Waals surface area contributed by atoms with E-state index in [-0.39, 0.29) is 23.0 Å². The third kappa shape index (κ3) is 4.74. The smallest absolute Gasteiger partial charge is 0.173 e. The van der Waals surface area contributed by atoms with E-state index in [2.05, 4.69) is 68.8 Å². The average Bonchev–Trinajstić information content (AvgIpc) is 2.60. The van der Waals surface area contributed by atoms with Crippen LogP contribution in [0.3, 0.4) is 0 Å². The third-order valence-electron chi connectivity index (χ3n) is 5.61. The van der Waals surface area contributed by atoms with E-state index in [9.17, 15) is 4.39 Å². The maximum Gasteiger partial charge on any atom is 0.173 e. The van der Waals surface area contributed by atoms with Crippen molar-refractivity contribution in [3.63, 3.8) is 0 Å². The summed E-state index contributed by atoms with van der Waals surface area (Å²) in [6.07, 6.45) is 7.65. The normalized spacial score (nSPS) is 20.4. The number of halogens is 1. The Morgan fingerprint density at radius 3 is 2.11 bits per heavy atom. The van der Waals surface area contributed by atoms with Crippen LogP contribution in [-0.4, -0.2) is 16.1 Å². The summed E-state index contributed by atoms with van der Waals surface area (Å²) in [4.78, 5) is 6.46. The van der Waals surface area contributed by atoms with Gasteiger partial charge in [-0.05, 0) is 83.7 Å². The van der Waals surface area contributed by atoms with Gasteiger partial charge in [0.05, 0.1) is 0 Å². The first kappa shape index (κ1) is 20.0. The van der Waals surface area contributed by atoms with Crippen molar-refractivity contribution in [2.24, 2.45) is 0 Å². The molecule has 1 aromatic heterocycles. The minimum absolute atomic E-state index is 0.0119. The molecule has 1 atom stereocenters. The molecule has 27 heavy (non-hydrogen) atoms. The molecule has 1 unspecified atom stereocenters. The molecule has 1 fully saturated rings. The largest absolute Gasteiger partial charge is 0.290 e. The van der Waals surface area contributed by atoms with Gasteiger partial charge in [-0.2, -0.15) is 5.06 Å². The monoisotopic (exact) mass is 371 g/mol. The van der Waals surface area contributed by atoms with Gasteiger partial charge in [-0.25, -0.2) is 8.96 Å². The quantitative estimate of drug-likeness (QED) is 0.672. The summed E-state index contributed by atoms with van der Waals surface area (Å²) in [5, 5.41) is 2.22. The van der Waals surface area contributed by atoms with Gasteiger partial charge in [0.25, 0.3) is 0 Å². The lowest BCUT2D eigenvalue weighted by atomic mass is 9.82. The first-order valence-electron chi connectivity index (χ1n) is 9.88. The van der Waals surface area contributed by atoms with Crippen LogP contribution < -0.4 is 4.57 Å². The SMILES string of the molecule is CC(ON1C(C)(C)CCCC1(C)C)c1cc[n+](Cc2ccc(F)cc2)cc1. The predicted molar refractivity (Wildman–Crippen MR) is 105 cm³/mol. The highest BCUT2D eigenvalue weighted by atomic mass is 19.1. The second-order valence-electron chi connectivity index (χ2n) is 8.95. The van der Waals surface area contributed by atoms with E-state index in [4.69, 9.17) is 4.84 Å². The summed E-state index contributed by atoms with van der Waals surface area (Å²) in [5.41, 5.74) is 2.30. The fourth-order valence-corrected chi connectivity index (χ4v) is 4.13. The van der Waals surface area contributed by atoms with Crippen molar-refractivity contribution in [3.8, 4) is 0 Å². The summed E-state index contributed by atoms with van der Waals surface area (Å²) in [6, 6.07) is 10.9. The fourth-order valence-electron chi connectivity index (χ4n) is 4.13. The number of piperidine rings is 1. The molecule has 0 radical (unpaired) electrons. The van der Waals surface area contributed by atoms with Gasteiger partial charge in [-0.15, -0.1) is 0 Å². The lowest BCUT2D eigenvalue weighted by Gasteiger charge is -2.52. The second-order valence-corrected chi connectivity index (χ2v) is 8.95. The van der Waals surface area contributed by atoms with Gasteiger partial charge < -0.3 is 0 Å². The van der Waals surface area contributed by atoms with Crippen LogP contribution in [0.4, 0.5) is 4.39 Å². The van der Waals surface area contributed by atoms with Gasteiger partial charge in [0.15, 0.2) is 18.9 Å². The van der Waals surface area contributed by atoms with Crippen molar-refractivity contribution < 1.29 is 13.8 Å². The number of aromatic nitrogens is 1. The molecule has 146 valence electrons. The van der Waals surface area contributed by atoms with Crippen molar-refractivity contribution in [1.29, 1.82) is 0 Å². The Kier molecular flexibility index (Phi) is 5.68. The van der Waals surface area contributed by atoms with E-state index in [0.29, 0.717) is 0 Å². The highest BCUT2D eigenvalue weighted by Crippen LogP contribution is 2.40. The van der Waals surface area contributed by atoms with Gasteiger partial charge in [0.1, 0.15) is 11.9 Å². The summed E-state index contributed by atoms with van der Waals surface area (Å²) < 4.78 is 15.1. The van der Waals surface area contributed by atoms with Crippen LogP contribution in [-0.2, 0) is 11.4 Å². The molecule has 0 aliphatic carbocycles. The van der Waals surface area contributed by atoms with Crippen molar-refractivity contribution in [1.82, 2.24) is 5.06 Å². The van der Waals surface area contributed by atoms with Crippen LogP contribution >= 0.6 is 0 Å². The number of pyridine rings is 1. The average molecular weight is 372 g/mol. The zero-order valence-electron chi connectivity index (χ0n) is 17.2. The Morgan fingerprint density at radius 1 is 1.00 bits per heavy atom. The summed E-state index contributed by atoms with van der Waals surface area (Å²) in [6.45, 7) is 11.9. The maximum absolute atomic E-state index is 13.0. The second kappa shape index (κ2) is 7.69. The molecule has 4 heteroatoms. The molecule has 3 nitrogen and oxygen atoms in total. The standard InChI is InChI=1S/C23H32FN2O/c1-18(27-26-22(2,3)13-6-14-23(26,4)5)20-11-15-25(16-12-20)17-19-7-9-21(24)10-8-19/h7-12,15-16,18H,6,13-14,17H2,1-5H3/q+1. The number of nitrogens with zero attached hydrogens (tertiary/aromatic N) is 2. The van der Waals surface area contributed by atoms with Gasteiger partial charge >= 0.3 is 0 Å². The molecular formula is C23H32FN2O+. The van der Waals surface area contributed by atoms with Crippen molar-refractivity contribution in [2.75, 3.05) is 0 Å². The van der Waals surface area contributed by atoms with Crippen molar-refractivity contribution in [3.05, 3.63) is 65.7 Å². The van der Waals surface area contributed by atoms with E-state index in [1.54, 1.807) is 0 Å². The van der Waals surface area contributed by atoms with Crippen LogP contribution in [0.5, 0.6) is 0 Å². The van der Waals surface area contributed by atoms with E-state index in [1.165, 1.54) is 18.6 Å². The molecule has 0 N–H and O–H groups in total. The van der Waals surface area contributed by atoms with E-state index in [1.807, 2.05) is 12.1 Å². The molecule has 2 aromatic rings. The van der Waals surface area contributed by atoms with Crippen LogP contribution in [0.25, 0.3) is 0 Å². The molecule has 1 aliphatic rings. The molecule has 0 spiro atoms. The Labute approximate surface area is 162 Å². The summed E-state index contributed by atoms with van der Waals surface area (Å²) in [7, 11) is 0. The Hall–Kier alpha value is -1.78. The molecule has 2 heterocycles. The predicted octanol–water partition coefficient (Wildman–Crippen LogP) is 5.20. The lowest BCUT2D eigenvalue weighted by molar-refractivity contribution is -0.688. The topological polar surface area (TPSA) is 16.4 Å². The van der Waals surface area contributed by atoms with Crippen LogP contribution in [0.15, 0.2) is 48.8 Å². The highest BCUT2D eigenvalue weighted by Gasteiger charge is 2.43.